The van der Waals surface area contributed by atoms with Crippen molar-refractivity contribution in [1.29, 1.82) is 0 Å². The van der Waals surface area contributed by atoms with Crippen LogP contribution in [0, 0.1) is 5.82 Å². The number of hydrogen-bond acceptors (Lipinski definition) is 2. The van der Waals surface area contributed by atoms with Gasteiger partial charge in [-0.1, -0.05) is 12.8 Å². The van der Waals surface area contributed by atoms with E-state index in [1.165, 1.54) is 25.0 Å². The van der Waals surface area contributed by atoms with Gasteiger partial charge in [0, 0.05) is 12.0 Å². The lowest BCUT2D eigenvalue weighted by atomic mass is 9.84. The van der Waals surface area contributed by atoms with Crippen molar-refractivity contribution < 1.29 is 4.39 Å². The Morgan fingerprint density at radius 1 is 1.29 bits per heavy atom. The quantitative estimate of drug-likeness (QED) is 0.795. The molecule has 1 aliphatic carbocycles. The van der Waals surface area contributed by atoms with E-state index in [2.05, 4.69) is 9.97 Å². The Bertz CT molecular complexity index is 534. The topological polar surface area (TPSA) is 54.7 Å². The lowest BCUT2D eigenvalue weighted by Crippen LogP contribution is -2.31. The van der Waals surface area contributed by atoms with Crippen LogP contribution < -0.4 is 5.73 Å². The molecule has 1 aliphatic rings. The van der Waals surface area contributed by atoms with E-state index in [0.717, 1.165) is 29.7 Å². The van der Waals surface area contributed by atoms with Crippen LogP contribution in [0.15, 0.2) is 18.2 Å². The summed E-state index contributed by atoms with van der Waals surface area (Å²) in [7, 11) is 0. The molecular formula is C13H16FN3. The summed E-state index contributed by atoms with van der Waals surface area (Å²) in [6.45, 7) is 0. The maximum Gasteiger partial charge on any atom is 0.125 e. The predicted octanol–water partition coefficient (Wildman–Crippen LogP) is 2.69. The Kier molecular flexibility index (Phi) is 2.59. The molecule has 2 aromatic rings. The Labute approximate surface area is 99.2 Å². The summed E-state index contributed by atoms with van der Waals surface area (Å²) in [5.41, 5.74) is 7.71. The second kappa shape index (κ2) is 4.11. The van der Waals surface area contributed by atoms with E-state index in [9.17, 15) is 4.39 Å². The third kappa shape index (κ3) is 1.93. The maximum atomic E-state index is 13.1. The summed E-state index contributed by atoms with van der Waals surface area (Å²) < 4.78 is 13.1. The van der Waals surface area contributed by atoms with Crippen molar-refractivity contribution in [2.75, 3.05) is 0 Å². The van der Waals surface area contributed by atoms with Gasteiger partial charge in [-0.25, -0.2) is 9.37 Å². The molecular weight excluding hydrogens is 217 g/mol. The Balaban J connectivity index is 1.99. The number of fused-ring (bicyclic) bond motifs is 1. The maximum absolute atomic E-state index is 13.1. The van der Waals surface area contributed by atoms with Crippen LogP contribution in [-0.2, 0) is 0 Å². The van der Waals surface area contributed by atoms with Crippen LogP contribution in [0.25, 0.3) is 11.0 Å². The molecule has 1 saturated carbocycles. The minimum atomic E-state index is -0.236. The average molecular weight is 233 g/mol. The SMILES string of the molecule is NC1CCCCC1c1nc2ccc(F)cc2[nH]1. The van der Waals surface area contributed by atoms with Crippen molar-refractivity contribution >= 4 is 11.0 Å². The molecule has 4 heteroatoms. The highest BCUT2D eigenvalue weighted by Gasteiger charge is 2.25. The number of benzene rings is 1. The van der Waals surface area contributed by atoms with Gasteiger partial charge in [-0.05, 0) is 31.0 Å². The smallest absolute Gasteiger partial charge is 0.125 e. The minimum absolute atomic E-state index is 0.175. The summed E-state index contributed by atoms with van der Waals surface area (Å²) in [6, 6.07) is 4.81. The van der Waals surface area contributed by atoms with Crippen LogP contribution in [-0.4, -0.2) is 16.0 Å². The van der Waals surface area contributed by atoms with E-state index in [1.807, 2.05) is 0 Å². The lowest BCUT2D eigenvalue weighted by Gasteiger charge is -2.26. The van der Waals surface area contributed by atoms with Crippen LogP contribution in [0.4, 0.5) is 4.39 Å². The number of imidazole rings is 1. The first-order chi connectivity index (χ1) is 8.24. The molecule has 1 aromatic heterocycles. The van der Waals surface area contributed by atoms with Gasteiger partial charge in [0.25, 0.3) is 0 Å². The van der Waals surface area contributed by atoms with Crippen molar-refractivity contribution in [2.24, 2.45) is 5.73 Å². The minimum Gasteiger partial charge on any atom is -0.342 e. The fraction of sp³-hybridized carbons (Fsp3) is 0.462. The number of nitrogens with one attached hydrogen (secondary N) is 1. The average Bonchev–Trinajstić information content (AvgIpc) is 2.72. The van der Waals surface area contributed by atoms with Crippen LogP contribution in [0.5, 0.6) is 0 Å². The van der Waals surface area contributed by atoms with Gasteiger partial charge < -0.3 is 10.7 Å². The number of hydrogen-bond donors (Lipinski definition) is 2. The fourth-order valence-corrected chi connectivity index (χ4v) is 2.68. The van der Waals surface area contributed by atoms with Gasteiger partial charge >= 0.3 is 0 Å². The monoisotopic (exact) mass is 233 g/mol. The molecule has 0 radical (unpaired) electrons. The molecule has 3 N–H and O–H groups in total. The first-order valence-corrected chi connectivity index (χ1v) is 6.15. The summed E-state index contributed by atoms with van der Waals surface area (Å²) in [5, 5.41) is 0. The van der Waals surface area contributed by atoms with Crippen LogP contribution in [0.3, 0.4) is 0 Å². The summed E-state index contributed by atoms with van der Waals surface area (Å²) >= 11 is 0. The molecule has 17 heavy (non-hydrogen) atoms. The van der Waals surface area contributed by atoms with Crippen molar-refractivity contribution in [3.63, 3.8) is 0 Å². The van der Waals surface area contributed by atoms with Gasteiger partial charge in [0.2, 0.25) is 0 Å². The third-order valence-corrected chi connectivity index (χ3v) is 3.63. The molecule has 0 saturated heterocycles. The molecule has 90 valence electrons. The van der Waals surface area contributed by atoms with Gasteiger partial charge in [0.05, 0.1) is 11.0 Å². The van der Waals surface area contributed by atoms with Crippen molar-refractivity contribution in [3.05, 3.63) is 29.8 Å². The molecule has 0 aliphatic heterocycles. The van der Waals surface area contributed by atoms with Crippen molar-refractivity contribution in [2.45, 2.75) is 37.6 Å². The van der Waals surface area contributed by atoms with Crippen molar-refractivity contribution in [3.8, 4) is 0 Å². The molecule has 1 heterocycles. The highest BCUT2D eigenvalue weighted by atomic mass is 19.1. The number of nitrogens with two attached hydrogens (primary N) is 1. The standard InChI is InChI=1S/C13H16FN3/c14-8-5-6-11-12(7-8)17-13(16-11)9-3-1-2-4-10(9)15/h5-7,9-10H,1-4,15H2,(H,16,17). The normalized spacial score (nSPS) is 25.3. The highest BCUT2D eigenvalue weighted by Crippen LogP contribution is 2.31. The van der Waals surface area contributed by atoms with E-state index in [1.54, 1.807) is 6.07 Å². The number of halogens is 1. The van der Waals surface area contributed by atoms with E-state index < -0.39 is 0 Å². The fourth-order valence-electron chi connectivity index (χ4n) is 2.68. The van der Waals surface area contributed by atoms with Crippen molar-refractivity contribution in [1.82, 2.24) is 9.97 Å². The Morgan fingerprint density at radius 2 is 2.12 bits per heavy atom. The first-order valence-electron chi connectivity index (χ1n) is 6.15. The number of aromatic nitrogens is 2. The molecule has 1 fully saturated rings. The molecule has 3 rings (SSSR count). The second-order valence-corrected chi connectivity index (χ2v) is 4.84. The van der Waals surface area contributed by atoms with Crippen LogP contribution >= 0.6 is 0 Å². The molecule has 0 amide bonds. The van der Waals surface area contributed by atoms with Gasteiger partial charge in [-0.3, -0.25) is 0 Å². The van der Waals surface area contributed by atoms with Gasteiger partial charge in [0.15, 0.2) is 0 Å². The van der Waals surface area contributed by atoms with E-state index in [-0.39, 0.29) is 11.9 Å². The van der Waals surface area contributed by atoms with Crippen LogP contribution in [0.1, 0.15) is 37.4 Å². The molecule has 1 aromatic carbocycles. The molecule has 0 bridgehead atoms. The first kappa shape index (κ1) is 10.7. The number of aromatic amines is 1. The summed E-state index contributed by atoms with van der Waals surface area (Å²) in [5.74, 6) is 0.970. The predicted molar refractivity (Wildman–Crippen MR) is 65.2 cm³/mol. The van der Waals surface area contributed by atoms with E-state index in [4.69, 9.17) is 5.73 Å². The zero-order valence-electron chi connectivity index (χ0n) is 9.62. The van der Waals surface area contributed by atoms with E-state index >= 15 is 0 Å². The molecule has 0 spiro atoms. The van der Waals surface area contributed by atoms with Gasteiger partial charge in [-0.2, -0.15) is 0 Å². The van der Waals surface area contributed by atoms with Crippen LogP contribution in [0.2, 0.25) is 0 Å². The van der Waals surface area contributed by atoms with Gasteiger partial charge in [-0.15, -0.1) is 0 Å². The number of H-pyrrole nitrogens is 1. The number of rotatable bonds is 1. The Hall–Kier alpha value is -1.42. The zero-order chi connectivity index (χ0) is 11.8. The number of nitrogens with zero attached hydrogens (tertiary/aromatic N) is 1. The highest BCUT2D eigenvalue weighted by molar-refractivity contribution is 5.75. The van der Waals surface area contributed by atoms with Gasteiger partial charge in [0.1, 0.15) is 11.6 Å². The molecule has 3 nitrogen and oxygen atoms in total. The third-order valence-electron chi connectivity index (χ3n) is 3.63. The largest absolute Gasteiger partial charge is 0.342 e. The second-order valence-electron chi connectivity index (χ2n) is 4.84. The molecule has 2 unspecified atom stereocenters. The lowest BCUT2D eigenvalue weighted by molar-refractivity contribution is 0.375. The molecule has 2 atom stereocenters. The van der Waals surface area contributed by atoms with E-state index in [0.29, 0.717) is 5.92 Å². The summed E-state index contributed by atoms with van der Waals surface area (Å²) in [6.07, 6.45) is 4.52. The zero-order valence-corrected chi connectivity index (χ0v) is 9.62. The Morgan fingerprint density at radius 3 is 2.94 bits per heavy atom. The summed E-state index contributed by atoms with van der Waals surface area (Å²) in [4.78, 5) is 7.73.